The molecule has 0 bridgehead atoms. The molecule has 0 aromatic heterocycles. The lowest BCUT2D eigenvalue weighted by molar-refractivity contribution is 0.406. The minimum Gasteiger partial charge on any atom is -0.496 e. The molecule has 3 aromatic carbocycles. The molecular weight excluding hydrogens is 337 g/mol. The highest BCUT2D eigenvalue weighted by molar-refractivity contribution is 6.31. The molecular formula is C21H19ClFNO. The molecule has 3 rings (SSSR count). The Hall–Kier alpha value is -2.36. The van der Waals surface area contributed by atoms with Crippen LogP contribution in [0, 0.1) is 5.82 Å². The molecule has 0 amide bonds. The van der Waals surface area contributed by atoms with Crippen LogP contribution in [-0.4, -0.2) is 7.11 Å². The van der Waals surface area contributed by atoms with Gasteiger partial charge in [0.2, 0.25) is 0 Å². The van der Waals surface area contributed by atoms with Gasteiger partial charge in [-0.3, -0.25) is 0 Å². The van der Waals surface area contributed by atoms with Crippen LogP contribution in [0.1, 0.15) is 22.7 Å². The average Bonchev–Trinajstić information content (AvgIpc) is 2.65. The maximum atomic E-state index is 13.3. The Morgan fingerprint density at radius 3 is 2.36 bits per heavy atom. The van der Waals surface area contributed by atoms with Crippen molar-refractivity contribution in [3.8, 4) is 5.75 Å². The first-order chi connectivity index (χ1) is 12.2. The van der Waals surface area contributed by atoms with Crippen molar-refractivity contribution in [1.29, 1.82) is 0 Å². The Morgan fingerprint density at radius 1 is 0.960 bits per heavy atom. The Morgan fingerprint density at radius 2 is 1.64 bits per heavy atom. The van der Waals surface area contributed by atoms with Gasteiger partial charge >= 0.3 is 0 Å². The molecule has 0 saturated heterocycles. The largest absolute Gasteiger partial charge is 0.496 e. The van der Waals surface area contributed by atoms with Gasteiger partial charge in [-0.05, 0) is 35.4 Å². The van der Waals surface area contributed by atoms with Crippen LogP contribution >= 0.6 is 11.6 Å². The number of halogens is 2. The SMILES string of the molecule is COc1ccccc1CNC(c1ccc(F)cc1)c1ccccc1Cl. The summed E-state index contributed by atoms with van der Waals surface area (Å²) in [4.78, 5) is 0. The molecule has 128 valence electrons. The van der Waals surface area contributed by atoms with Gasteiger partial charge in [0.25, 0.3) is 0 Å². The topological polar surface area (TPSA) is 21.3 Å². The predicted octanol–water partition coefficient (Wildman–Crippen LogP) is 5.37. The number of nitrogens with one attached hydrogen (secondary N) is 1. The van der Waals surface area contributed by atoms with E-state index < -0.39 is 0 Å². The van der Waals surface area contributed by atoms with E-state index in [1.807, 2.05) is 48.5 Å². The standard InChI is InChI=1S/C21H19ClFNO/c1-25-20-9-5-2-6-16(20)14-24-21(15-10-12-17(23)13-11-15)18-7-3-4-8-19(18)22/h2-13,21,24H,14H2,1H3. The van der Waals surface area contributed by atoms with E-state index in [2.05, 4.69) is 5.32 Å². The molecule has 3 aromatic rings. The zero-order valence-electron chi connectivity index (χ0n) is 13.9. The van der Waals surface area contributed by atoms with Crippen molar-refractivity contribution in [1.82, 2.24) is 5.32 Å². The van der Waals surface area contributed by atoms with E-state index in [0.717, 1.165) is 22.4 Å². The third-order valence-electron chi connectivity index (χ3n) is 4.11. The fraction of sp³-hybridized carbons (Fsp3) is 0.143. The van der Waals surface area contributed by atoms with Crippen LogP contribution in [0.3, 0.4) is 0 Å². The monoisotopic (exact) mass is 355 g/mol. The number of methoxy groups -OCH3 is 1. The van der Waals surface area contributed by atoms with Crippen molar-refractivity contribution < 1.29 is 9.13 Å². The van der Waals surface area contributed by atoms with Gasteiger partial charge in [-0.1, -0.05) is 60.1 Å². The number of hydrogen-bond donors (Lipinski definition) is 1. The van der Waals surface area contributed by atoms with E-state index in [1.54, 1.807) is 19.2 Å². The van der Waals surface area contributed by atoms with Crippen molar-refractivity contribution in [2.45, 2.75) is 12.6 Å². The molecule has 1 unspecified atom stereocenters. The number of benzene rings is 3. The molecule has 0 aliphatic rings. The Bertz CT molecular complexity index is 835. The third-order valence-corrected chi connectivity index (χ3v) is 4.45. The van der Waals surface area contributed by atoms with E-state index in [9.17, 15) is 4.39 Å². The molecule has 1 atom stereocenters. The van der Waals surface area contributed by atoms with Crippen LogP contribution in [0.4, 0.5) is 4.39 Å². The highest BCUT2D eigenvalue weighted by Gasteiger charge is 2.17. The second-order valence-corrected chi connectivity index (χ2v) is 6.11. The lowest BCUT2D eigenvalue weighted by Gasteiger charge is -2.22. The van der Waals surface area contributed by atoms with Crippen LogP contribution in [0.15, 0.2) is 72.8 Å². The Kier molecular flexibility index (Phi) is 5.69. The summed E-state index contributed by atoms with van der Waals surface area (Å²) in [6.45, 7) is 0.595. The van der Waals surface area contributed by atoms with Crippen molar-refractivity contribution in [2.75, 3.05) is 7.11 Å². The summed E-state index contributed by atoms with van der Waals surface area (Å²) in [7, 11) is 1.66. The summed E-state index contributed by atoms with van der Waals surface area (Å²) in [5.41, 5.74) is 2.94. The minimum atomic E-state index is -0.258. The van der Waals surface area contributed by atoms with Crippen LogP contribution in [0.25, 0.3) is 0 Å². The molecule has 0 spiro atoms. The fourth-order valence-corrected chi connectivity index (χ4v) is 3.08. The number of ether oxygens (including phenoxy) is 1. The molecule has 0 saturated carbocycles. The summed E-state index contributed by atoms with van der Waals surface area (Å²) in [5.74, 6) is 0.568. The molecule has 2 nitrogen and oxygen atoms in total. The van der Waals surface area contributed by atoms with Gasteiger partial charge in [-0.15, -0.1) is 0 Å². The third kappa shape index (κ3) is 4.19. The van der Waals surface area contributed by atoms with Gasteiger partial charge in [0.1, 0.15) is 11.6 Å². The van der Waals surface area contributed by atoms with E-state index >= 15 is 0 Å². The molecule has 1 N–H and O–H groups in total. The maximum Gasteiger partial charge on any atom is 0.123 e. The normalized spacial score (nSPS) is 12.0. The van der Waals surface area contributed by atoms with Gasteiger partial charge in [-0.2, -0.15) is 0 Å². The first-order valence-electron chi connectivity index (χ1n) is 8.04. The van der Waals surface area contributed by atoms with Gasteiger partial charge < -0.3 is 10.1 Å². The lowest BCUT2D eigenvalue weighted by Crippen LogP contribution is -2.22. The van der Waals surface area contributed by atoms with Crippen LogP contribution < -0.4 is 10.1 Å². The molecule has 0 heterocycles. The lowest BCUT2D eigenvalue weighted by atomic mass is 9.98. The zero-order chi connectivity index (χ0) is 17.6. The minimum absolute atomic E-state index is 0.154. The highest BCUT2D eigenvalue weighted by atomic mass is 35.5. The first-order valence-corrected chi connectivity index (χ1v) is 8.42. The summed E-state index contributed by atoms with van der Waals surface area (Å²) in [5, 5.41) is 4.19. The number of para-hydroxylation sites is 1. The number of rotatable bonds is 6. The number of hydrogen-bond acceptors (Lipinski definition) is 2. The van der Waals surface area contributed by atoms with Gasteiger partial charge in [0, 0.05) is 17.1 Å². The van der Waals surface area contributed by atoms with Crippen molar-refractivity contribution in [3.63, 3.8) is 0 Å². The van der Waals surface area contributed by atoms with Crippen LogP contribution in [0.5, 0.6) is 5.75 Å². The smallest absolute Gasteiger partial charge is 0.123 e. The molecule has 0 radical (unpaired) electrons. The summed E-state index contributed by atoms with van der Waals surface area (Å²) in [6, 6.07) is 21.9. The van der Waals surface area contributed by atoms with E-state index in [4.69, 9.17) is 16.3 Å². The Balaban J connectivity index is 1.91. The van der Waals surface area contributed by atoms with Crippen molar-refractivity contribution in [2.24, 2.45) is 0 Å². The zero-order valence-corrected chi connectivity index (χ0v) is 14.6. The summed E-state index contributed by atoms with van der Waals surface area (Å²) in [6.07, 6.45) is 0. The summed E-state index contributed by atoms with van der Waals surface area (Å²) < 4.78 is 18.7. The second-order valence-electron chi connectivity index (χ2n) is 5.70. The molecule has 4 heteroatoms. The fourth-order valence-electron chi connectivity index (χ4n) is 2.83. The van der Waals surface area contributed by atoms with Crippen molar-refractivity contribution in [3.05, 3.63) is 100 Å². The molecule has 0 aliphatic carbocycles. The quantitative estimate of drug-likeness (QED) is 0.642. The average molecular weight is 356 g/mol. The Labute approximate surface area is 152 Å². The maximum absolute atomic E-state index is 13.3. The first kappa shape index (κ1) is 17.5. The molecule has 25 heavy (non-hydrogen) atoms. The summed E-state index contributed by atoms with van der Waals surface area (Å²) >= 11 is 6.40. The van der Waals surface area contributed by atoms with Crippen molar-refractivity contribution >= 4 is 11.6 Å². The van der Waals surface area contributed by atoms with Crippen LogP contribution in [-0.2, 0) is 6.54 Å². The second kappa shape index (κ2) is 8.15. The molecule has 0 fully saturated rings. The predicted molar refractivity (Wildman–Crippen MR) is 99.5 cm³/mol. The van der Waals surface area contributed by atoms with E-state index in [-0.39, 0.29) is 11.9 Å². The van der Waals surface area contributed by atoms with E-state index in [0.29, 0.717) is 11.6 Å². The molecule has 0 aliphatic heterocycles. The van der Waals surface area contributed by atoms with E-state index in [1.165, 1.54) is 12.1 Å². The highest BCUT2D eigenvalue weighted by Crippen LogP contribution is 2.29. The van der Waals surface area contributed by atoms with Gasteiger partial charge in [0.05, 0.1) is 13.2 Å². The van der Waals surface area contributed by atoms with Crippen LogP contribution in [0.2, 0.25) is 5.02 Å². The van der Waals surface area contributed by atoms with Gasteiger partial charge in [0.15, 0.2) is 0 Å². The van der Waals surface area contributed by atoms with Gasteiger partial charge in [-0.25, -0.2) is 4.39 Å².